The van der Waals surface area contributed by atoms with Gasteiger partial charge in [0.15, 0.2) is 11.5 Å². The molecule has 32 heavy (non-hydrogen) atoms. The quantitative estimate of drug-likeness (QED) is 0.466. The van der Waals surface area contributed by atoms with Gasteiger partial charge in [-0.3, -0.25) is 14.2 Å². The number of amides is 1. The number of fused-ring (bicyclic) bond motifs is 1. The molecule has 0 aliphatic carbocycles. The monoisotopic (exact) mass is 435 g/mol. The van der Waals surface area contributed by atoms with Gasteiger partial charge in [-0.15, -0.1) is 10.2 Å². The molecule has 2 aromatic carbocycles. The summed E-state index contributed by atoms with van der Waals surface area (Å²) >= 11 is 0. The van der Waals surface area contributed by atoms with Crippen LogP contribution >= 0.6 is 0 Å². The summed E-state index contributed by atoms with van der Waals surface area (Å²) in [5.41, 5.74) is 2.48. The smallest absolute Gasteiger partial charge is 0.387 e. The number of carbonyl (C=O) groups excluding carboxylic acids is 1. The molecule has 0 bridgehead atoms. The van der Waals surface area contributed by atoms with Crippen LogP contribution in [-0.2, 0) is 0 Å². The maximum Gasteiger partial charge on any atom is 0.387 e. The Morgan fingerprint density at radius 2 is 1.81 bits per heavy atom. The zero-order valence-electron chi connectivity index (χ0n) is 16.9. The van der Waals surface area contributed by atoms with Crippen LogP contribution in [0.5, 0.6) is 5.75 Å². The highest BCUT2D eigenvalue weighted by molar-refractivity contribution is 5.94. The number of aromatic nitrogens is 4. The lowest BCUT2D eigenvalue weighted by Gasteiger charge is -2.25. The fraction of sp³-hybridized carbons (Fsp3) is 0.217. The molecule has 3 heterocycles. The zero-order chi connectivity index (χ0) is 22.1. The number of alkyl halides is 2. The van der Waals surface area contributed by atoms with E-state index >= 15 is 0 Å². The number of nitrogens with zero attached hydrogens (tertiary/aromatic N) is 5. The van der Waals surface area contributed by atoms with E-state index in [1.807, 2.05) is 35.2 Å². The van der Waals surface area contributed by atoms with Crippen LogP contribution in [-0.4, -0.2) is 43.5 Å². The number of hydrogen-bond donors (Lipinski definition) is 0. The van der Waals surface area contributed by atoms with Crippen molar-refractivity contribution in [3.8, 4) is 17.1 Å². The molecule has 4 aromatic rings. The molecule has 1 amide bonds. The predicted octanol–water partition coefficient (Wildman–Crippen LogP) is 4.37. The van der Waals surface area contributed by atoms with Crippen LogP contribution in [0, 0.1) is 0 Å². The average molecular weight is 435 g/mol. The zero-order valence-corrected chi connectivity index (χ0v) is 16.9. The molecule has 5 rings (SSSR count). The van der Waals surface area contributed by atoms with Gasteiger partial charge in [0, 0.05) is 12.1 Å². The van der Waals surface area contributed by atoms with E-state index in [0.29, 0.717) is 29.3 Å². The van der Waals surface area contributed by atoms with E-state index in [-0.39, 0.29) is 17.7 Å². The Balaban J connectivity index is 1.52. The molecular weight excluding hydrogens is 416 g/mol. The number of halogens is 2. The first-order chi connectivity index (χ1) is 15.6. The molecule has 1 aliphatic rings. The van der Waals surface area contributed by atoms with Crippen molar-refractivity contribution in [2.75, 3.05) is 6.54 Å². The van der Waals surface area contributed by atoms with E-state index < -0.39 is 6.61 Å². The lowest BCUT2D eigenvalue weighted by atomic mass is 10.0. The van der Waals surface area contributed by atoms with E-state index in [4.69, 9.17) is 0 Å². The third-order valence-electron chi connectivity index (χ3n) is 5.57. The molecule has 0 saturated carbocycles. The van der Waals surface area contributed by atoms with Crippen molar-refractivity contribution in [2.24, 2.45) is 0 Å². The largest absolute Gasteiger partial charge is 0.435 e. The van der Waals surface area contributed by atoms with Crippen molar-refractivity contribution >= 4 is 11.6 Å². The minimum atomic E-state index is -2.90. The van der Waals surface area contributed by atoms with Gasteiger partial charge in [0.2, 0.25) is 0 Å². The molecule has 0 N–H and O–H groups in total. The minimum Gasteiger partial charge on any atom is -0.435 e. The number of hydrogen-bond acceptors (Lipinski definition) is 5. The van der Waals surface area contributed by atoms with Crippen molar-refractivity contribution in [3.63, 3.8) is 0 Å². The second kappa shape index (κ2) is 8.33. The number of likely N-dealkylation sites (tertiary alicyclic amines) is 1. The predicted molar refractivity (Wildman–Crippen MR) is 112 cm³/mol. The van der Waals surface area contributed by atoms with Gasteiger partial charge in [0.25, 0.3) is 5.91 Å². The molecule has 9 heteroatoms. The van der Waals surface area contributed by atoms with Crippen LogP contribution in [0.3, 0.4) is 0 Å². The highest BCUT2D eigenvalue weighted by Crippen LogP contribution is 2.33. The van der Waals surface area contributed by atoms with Gasteiger partial charge in [-0.25, -0.2) is 0 Å². The Bertz CT molecular complexity index is 1240. The van der Waals surface area contributed by atoms with Gasteiger partial charge in [0.1, 0.15) is 11.4 Å². The highest BCUT2D eigenvalue weighted by Gasteiger charge is 2.32. The van der Waals surface area contributed by atoms with Crippen molar-refractivity contribution < 1.29 is 18.3 Å². The highest BCUT2D eigenvalue weighted by atomic mass is 19.3. The van der Waals surface area contributed by atoms with Gasteiger partial charge in [0.05, 0.1) is 18.4 Å². The molecule has 1 unspecified atom stereocenters. The molecule has 0 radical (unpaired) electrons. The minimum absolute atomic E-state index is 0.00957. The standard InChI is InChI=1S/C23H19F2N5O2/c24-23(25)32-17-10-8-16(9-11-17)21-28-27-20-14-26-13-19(30(20)21)22(31)29-12-4-7-18(29)15-5-2-1-3-6-15/h1-3,5-6,8-11,13-14,18,23H,4,7,12H2. The normalized spacial score (nSPS) is 16.1. The van der Waals surface area contributed by atoms with Gasteiger partial charge in [-0.1, -0.05) is 30.3 Å². The molecule has 1 saturated heterocycles. The molecule has 2 aromatic heterocycles. The van der Waals surface area contributed by atoms with Crippen molar-refractivity contribution in [1.82, 2.24) is 24.5 Å². The summed E-state index contributed by atoms with van der Waals surface area (Å²) in [6.45, 7) is -2.26. The lowest BCUT2D eigenvalue weighted by Crippen LogP contribution is -2.32. The van der Waals surface area contributed by atoms with Crippen LogP contribution in [0.2, 0.25) is 0 Å². The lowest BCUT2D eigenvalue weighted by molar-refractivity contribution is -0.0498. The molecule has 7 nitrogen and oxygen atoms in total. The maximum atomic E-state index is 13.6. The third kappa shape index (κ3) is 3.66. The molecule has 1 fully saturated rings. The van der Waals surface area contributed by atoms with Crippen molar-refractivity contribution in [1.29, 1.82) is 0 Å². The Morgan fingerprint density at radius 3 is 2.56 bits per heavy atom. The SMILES string of the molecule is O=C(c1cncc2nnc(-c3ccc(OC(F)F)cc3)n12)N1CCCC1c1ccccc1. The topological polar surface area (TPSA) is 72.6 Å². The Hall–Kier alpha value is -3.88. The Morgan fingerprint density at radius 1 is 1.03 bits per heavy atom. The van der Waals surface area contributed by atoms with Crippen molar-refractivity contribution in [2.45, 2.75) is 25.5 Å². The molecule has 1 atom stereocenters. The van der Waals surface area contributed by atoms with Gasteiger partial charge >= 0.3 is 6.61 Å². The first-order valence-electron chi connectivity index (χ1n) is 10.2. The third-order valence-corrected chi connectivity index (χ3v) is 5.57. The molecular formula is C23H19F2N5O2. The fourth-order valence-electron chi connectivity index (χ4n) is 4.15. The number of carbonyl (C=O) groups is 1. The fourth-order valence-corrected chi connectivity index (χ4v) is 4.15. The van der Waals surface area contributed by atoms with Gasteiger partial charge < -0.3 is 9.64 Å². The second-order valence-electron chi connectivity index (χ2n) is 7.48. The number of ether oxygens (including phenoxy) is 1. The molecule has 1 aliphatic heterocycles. The van der Waals surface area contributed by atoms with E-state index in [0.717, 1.165) is 18.4 Å². The molecule has 162 valence electrons. The van der Waals surface area contributed by atoms with Crippen LogP contribution in [0.1, 0.15) is 34.9 Å². The summed E-state index contributed by atoms with van der Waals surface area (Å²) < 4.78 is 31.0. The summed E-state index contributed by atoms with van der Waals surface area (Å²) in [6, 6.07) is 16.0. The average Bonchev–Trinajstić information content (AvgIpc) is 3.47. The summed E-state index contributed by atoms with van der Waals surface area (Å²) in [5.74, 6) is 0.302. The number of benzene rings is 2. The van der Waals surface area contributed by atoms with Gasteiger partial charge in [-0.2, -0.15) is 8.78 Å². The maximum absolute atomic E-state index is 13.6. The summed E-state index contributed by atoms with van der Waals surface area (Å²) in [6.07, 6.45) is 4.84. The van der Waals surface area contributed by atoms with Crippen LogP contribution in [0.15, 0.2) is 67.0 Å². The van der Waals surface area contributed by atoms with Crippen molar-refractivity contribution in [3.05, 3.63) is 78.2 Å². The first kappa shape index (κ1) is 20.0. The Kier molecular flexibility index (Phi) is 5.22. The van der Waals surface area contributed by atoms with E-state index in [2.05, 4.69) is 19.9 Å². The summed E-state index contributed by atoms with van der Waals surface area (Å²) in [4.78, 5) is 19.6. The van der Waals surface area contributed by atoms with Crippen LogP contribution in [0.25, 0.3) is 17.0 Å². The summed E-state index contributed by atoms with van der Waals surface area (Å²) in [7, 11) is 0. The van der Waals surface area contributed by atoms with E-state index in [1.54, 1.807) is 16.5 Å². The first-order valence-corrected chi connectivity index (χ1v) is 10.2. The van der Waals surface area contributed by atoms with E-state index in [9.17, 15) is 13.6 Å². The summed E-state index contributed by atoms with van der Waals surface area (Å²) in [5, 5.41) is 8.36. The Labute approximate surface area is 182 Å². The number of rotatable bonds is 5. The molecule has 0 spiro atoms. The van der Waals surface area contributed by atoms with E-state index in [1.165, 1.54) is 24.5 Å². The second-order valence-corrected chi connectivity index (χ2v) is 7.48. The van der Waals surface area contributed by atoms with Crippen LogP contribution < -0.4 is 4.74 Å². The van der Waals surface area contributed by atoms with Crippen LogP contribution in [0.4, 0.5) is 8.78 Å². The van der Waals surface area contributed by atoms with Gasteiger partial charge in [-0.05, 0) is 42.7 Å².